The van der Waals surface area contributed by atoms with Crippen molar-refractivity contribution in [1.82, 2.24) is 9.69 Å². The summed E-state index contributed by atoms with van der Waals surface area (Å²) in [4.78, 5) is 40.9. The lowest BCUT2D eigenvalue weighted by molar-refractivity contribution is -0.123. The second-order valence-electron chi connectivity index (χ2n) is 8.73. The standard InChI is InChI=1S/C26H29N5O7S/c1-36-18-10-7-15(12-19(18)37-2)31(26(35)23-20(27)21(24(28)33)30-39-23)22(14-5-8-16(32)9-6-14)25(34)29-13-17-4-3-11-38-17/h5-10,12,17,22,32H,3-4,11,13,27H2,1-2H3,(H2,28,33)(H,29,34)/t17-,22+/m1/s1. The molecule has 12 nitrogen and oxygen atoms in total. The van der Waals surface area contributed by atoms with Gasteiger partial charge in [0.1, 0.15) is 16.7 Å². The quantitative estimate of drug-likeness (QED) is 0.292. The van der Waals surface area contributed by atoms with Crippen LogP contribution >= 0.6 is 11.5 Å². The molecule has 3 aromatic rings. The Bertz CT molecular complexity index is 1360. The number of nitrogens with zero attached hydrogens (tertiary/aromatic N) is 2. The third-order valence-corrected chi connectivity index (χ3v) is 7.11. The summed E-state index contributed by atoms with van der Waals surface area (Å²) < 4.78 is 20.4. The summed E-state index contributed by atoms with van der Waals surface area (Å²) in [7, 11) is 2.92. The molecule has 1 fully saturated rings. The van der Waals surface area contributed by atoms with Crippen LogP contribution in [0.2, 0.25) is 0 Å². The number of carbonyl (C=O) groups excluding carboxylic acids is 3. The van der Waals surface area contributed by atoms with Crippen molar-refractivity contribution in [3.63, 3.8) is 0 Å². The molecule has 0 spiro atoms. The fourth-order valence-corrected chi connectivity index (χ4v) is 5.03. The van der Waals surface area contributed by atoms with Gasteiger partial charge in [0.25, 0.3) is 11.8 Å². The summed E-state index contributed by atoms with van der Waals surface area (Å²) in [6.07, 6.45) is 1.55. The predicted octanol–water partition coefficient (Wildman–Crippen LogP) is 2.23. The van der Waals surface area contributed by atoms with Crippen molar-refractivity contribution in [2.75, 3.05) is 38.0 Å². The number of phenols is 1. The number of nitrogen functional groups attached to an aromatic ring is 1. The van der Waals surface area contributed by atoms with Crippen LogP contribution in [0.25, 0.3) is 0 Å². The first-order valence-electron chi connectivity index (χ1n) is 12.0. The number of carbonyl (C=O) groups is 3. The second-order valence-corrected chi connectivity index (χ2v) is 9.50. The number of nitrogens with one attached hydrogen (secondary N) is 1. The fraction of sp³-hybridized carbons (Fsp3) is 0.308. The van der Waals surface area contributed by atoms with Crippen LogP contribution in [-0.2, 0) is 9.53 Å². The van der Waals surface area contributed by atoms with Gasteiger partial charge in [-0.3, -0.25) is 19.3 Å². The van der Waals surface area contributed by atoms with Crippen molar-refractivity contribution < 1.29 is 33.7 Å². The van der Waals surface area contributed by atoms with Crippen molar-refractivity contribution in [3.05, 3.63) is 58.6 Å². The van der Waals surface area contributed by atoms with Crippen molar-refractivity contribution >= 4 is 40.6 Å². The number of amides is 3. The Balaban J connectivity index is 1.85. The van der Waals surface area contributed by atoms with Crippen LogP contribution in [-0.4, -0.2) is 60.7 Å². The molecule has 13 heteroatoms. The van der Waals surface area contributed by atoms with E-state index in [0.717, 1.165) is 12.8 Å². The van der Waals surface area contributed by atoms with Gasteiger partial charge in [-0.1, -0.05) is 12.1 Å². The molecular weight excluding hydrogens is 526 g/mol. The van der Waals surface area contributed by atoms with Gasteiger partial charge in [0, 0.05) is 24.9 Å². The van der Waals surface area contributed by atoms with E-state index in [1.165, 1.54) is 43.4 Å². The third-order valence-electron chi connectivity index (χ3n) is 6.26. The summed E-state index contributed by atoms with van der Waals surface area (Å²) in [5, 5.41) is 12.8. The van der Waals surface area contributed by atoms with E-state index in [-0.39, 0.29) is 40.3 Å². The first-order valence-corrected chi connectivity index (χ1v) is 12.8. The van der Waals surface area contributed by atoms with Gasteiger partial charge in [-0.2, -0.15) is 4.37 Å². The molecule has 1 aromatic heterocycles. The maximum Gasteiger partial charge on any atom is 0.273 e. The Morgan fingerprint density at radius 2 is 1.90 bits per heavy atom. The fourth-order valence-electron chi connectivity index (χ4n) is 4.29. The highest BCUT2D eigenvalue weighted by molar-refractivity contribution is 7.09. The molecule has 2 atom stereocenters. The molecule has 6 N–H and O–H groups in total. The van der Waals surface area contributed by atoms with E-state index in [1.807, 2.05) is 0 Å². The van der Waals surface area contributed by atoms with E-state index in [4.69, 9.17) is 25.7 Å². The number of rotatable bonds is 10. The van der Waals surface area contributed by atoms with Gasteiger partial charge in [0.15, 0.2) is 17.2 Å². The third kappa shape index (κ3) is 5.89. The van der Waals surface area contributed by atoms with Crippen molar-refractivity contribution in [2.24, 2.45) is 5.73 Å². The Kier molecular flexibility index (Phi) is 8.52. The minimum atomic E-state index is -1.23. The van der Waals surface area contributed by atoms with E-state index in [9.17, 15) is 19.5 Å². The topological polar surface area (TPSA) is 179 Å². The van der Waals surface area contributed by atoms with E-state index >= 15 is 0 Å². The SMILES string of the molecule is COc1ccc(N(C(=O)c2snc(C(N)=O)c2N)[C@H](C(=O)NC[C@H]2CCCO2)c2ccc(O)cc2)cc1OC. The Hall–Kier alpha value is -4.36. The van der Waals surface area contributed by atoms with Crippen molar-refractivity contribution in [2.45, 2.75) is 25.0 Å². The molecule has 39 heavy (non-hydrogen) atoms. The van der Waals surface area contributed by atoms with Gasteiger partial charge in [0.05, 0.1) is 26.0 Å². The summed E-state index contributed by atoms with van der Waals surface area (Å²) in [5.74, 6) is -1.38. The number of aromatic nitrogens is 1. The van der Waals surface area contributed by atoms with E-state index in [2.05, 4.69) is 9.69 Å². The van der Waals surface area contributed by atoms with Gasteiger partial charge < -0.3 is 36.1 Å². The average molecular weight is 556 g/mol. The molecule has 206 valence electrons. The number of methoxy groups -OCH3 is 2. The summed E-state index contributed by atoms with van der Waals surface area (Å²) in [6, 6.07) is 9.41. The molecule has 3 amide bonds. The van der Waals surface area contributed by atoms with Crippen LogP contribution in [0, 0.1) is 0 Å². The van der Waals surface area contributed by atoms with E-state index in [1.54, 1.807) is 18.2 Å². The molecule has 0 saturated carbocycles. The minimum Gasteiger partial charge on any atom is -0.508 e. The van der Waals surface area contributed by atoms with Gasteiger partial charge >= 0.3 is 0 Å². The summed E-state index contributed by atoms with van der Waals surface area (Å²) in [6.45, 7) is 0.862. The van der Waals surface area contributed by atoms with Crippen LogP contribution in [0.5, 0.6) is 17.2 Å². The Labute approximate surface area is 228 Å². The molecule has 0 radical (unpaired) electrons. The monoisotopic (exact) mass is 555 g/mol. The highest BCUT2D eigenvalue weighted by Gasteiger charge is 2.37. The lowest BCUT2D eigenvalue weighted by atomic mass is 10.0. The van der Waals surface area contributed by atoms with Crippen molar-refractivity contribution in [1.29, 1.82) is 0 Å². The number of nitrogens with two attached hydrogens (primary N) is 2. The number of hydrogen-bond acceptors (Lipinski definition) is 10. The van der Waals surface area contributed by atoms with Crippen LogP contribution in [0.3, 0.4) is 0 Å². The van der Waals surface area contributed by atoms with Crippen molar-refractivity contribution in [3.8, 4) is 17.2 Å². The zero-order valence-electron chi connectivity index (χ0n) is 21.4. The molecule has 1 aliphatic heterocycles. The Morgan fingerprint density at radius 1 is 1.18 bits per heavy atom. The predicted molar refractivity (Wildman–Crippen MR) is 144 cm³/mol. The molecule has 0 bridgehead atoms. The van der Waals surface area contributed by atoms with Crippen LogP contribution in [0.15, 0.2) is 42.5 Å². The lowest BCUT2D eigenvalue weighted by Crippen LogP contribution is -2.45. The number of anilines is 2. The first kappa shape index (κ1) is 27.7. The van der Waals surface area contributed by atoms with Gasteiger partial charge in [-0.15, -0.1) is 0 Å². The molecule has 2 aromatic carbocycles. The minimum absolute atomic E-state index is 0.0148. The van der Waals surface area contributed by atoms with Gasteiger partial charge in [-0.05, 0) is 54.2 Å². The molecule has 0 aliphatic carbocycles. The Morgan fingerprint density at radius 3 is 2.49 bits per heavy atom. The van der Waals surface area contributed by atoms with Crippen LogP contribution < -0.4 is 31.2 Å². The molecule has 1 saturated heterocycles. The van der Waals surface area contributed by atoms with E-state index < -0.39 is 23.8 Å². The number of aromatic hydroxyl groups is 1. The van der Waals surface area contributed by atoms with Crippen LogP contribution in [0.4, 0.5) is 11.4 Å². The molecule has 4 rings (SSSR count). The highest BCUT2D eigenvalue weighted by Crippen LogP contribution is 2.38. The zero-order chi connectivity index (χ0) is 28.1. The highest BCUT2D eigenvalue weighted by atomic mass is 32.1. The van der Waals surface area contributed by atoms with Gasteiger partial charge in [0.2, 0.25) is 5.91 Å². The lowest BCUT2D eigenvalue weighted by Gasteiger charge is -2.32. The average Bonchev–Trinajstić information content (AvgIpc) is 3.60. The number of hydrogen-bond donors (Lipinski definition) is 4. The first-order chi connectivity index (χ1) is 18.7. The normalized spacial score (nSPS) is 15.4. The maximum absolute atomic E-state index is 14.1. The van der Waals surface area contributed by atoms with Gasteiger partial charge in [-0.25, -0.2) is 0 Å². The largest absolute Gasteiger partial charge is 0.508 e. The maximum atomic E-state index is 14.1. The number of phenolic OH excluding ortho intramolecular Hbond substituents is 1. The molecule has 0 unspecified atom stereocenters. The smallest absolute Gasteiger partial charge is 0.273 e. The van der Waals surface area contributed by atoms with Crippen LogP contribution in [0.1, 0.15) is 44.6 Å². The van der Waals surface area contributed by atoms with E-state index in [0.29, 0.717) is 35.2 Å². The molecule has 1 aliphatic rings. The summed E-state index contributed by atoms with van der Waals surface area (Å²) in [5.41, 5.74) is 11.7. The molecular formula is C26H29N5O7S. The number of primary amides is 1. The second kappa shape index (κ2) is 12.0. The number of ether oxygens (including phenoxy) is 3. The number of benzene rings is 2. The zero-order valence-corrected chi connectivity index (χ0v) is 22.2. The molecule has 2 heterocycles. The summed E-state index contributed by atoms with van der Waals surface area (Å²) >= 11 is 0.699.